The van der Waals surface area contributed by atoms with Gasteiger partial charge in [-0.2, -0.15) is 0 Å². The van der Waals surface area contributed by atoms with Gasteiger partial charge in [0, 0.05) is 18.0 Å². The van der Waals surface area contributed by atoms with Gasteiger partial charge in [0.05, 0.1) is 24.5 Å². The van der Waals surface area contributed by atoms with Crippen LogP contribution in [0, 0.1) is 0 Å². The Kier molecular flexibility index (Phi) is 6.75. The van der Waals surface area contributed by atoms with Gasteiger partial charge in [0.1, 0.15) is 0 Å². The molecule has 0 saturated heterocycles. The molecule has 4 nitrogen and oxygen atoms in total. The first kappa shape index (κ1) is 15.0. The molecular weight excluding hydrogens is 248 g/mol. The predicted octanol–water partition coefficient (Wildman–Crippen LogP) is 2.16. The molecule has 1 heterocycles. The zero-order chi connectivity index (χ0) is 13.4. The highest BCUT2D eigenvalue weighted by atomic mass is 32.2. The Balaban J connectivity index is 2.60. The zero-order valence-corrected chi connectivity index (χ0v) is 11.7. The summed E-state index contributed by atoms with van der Waals surface area (Å²) in [6, 6.07) is 5.86. The van der Waals surface area contributed by atoms with E-state index in [1.807, 2.05) is 18.2 Å². The Morgan fingerprint density at radius 2 is 2.33 bits per heavy atom. The number of thioether (sulfide) groups is 1. The third-order valence-corrected chi connectivity index (χ3v) is 4.06. The van der Waals surface area contributed by atoms with E-state index in [1.54, 1.807) is 18.0 Å². The van der Waals surface area contributed by atoms with E-state index in [0.717, 1.165) is 12.1 Å². The number of hydrogen-bond acceptors (Lipinski definition) is 5. The lowest BCUT2D eigenvalue weighted by Gasteiger charge is -2.21. The summed E-state index contributed by atoms with van der Waals surface area (Å²) in [5.74, 6) is 0.508. The summed E-state index contributed by atoms with van der Waals surface area (Å²) in [7, 11) is 1.40. The van der Waals surface area contributed by atoms with Crippen molar-refractivity contribution in [1.82, 2.24) is 4.98 Å². The van der Waals surface area contributed by atoms with Crippen molar-refractivity contribution in [2.24, 2.45) is 5.73 Å². The van der Waals surface area contributed by atoms with Crippen LogP contribution in [0.15, 0.2) is 24.4 Å². The Morgan fingerprint density at radius 1 is 1.56 bits per heavy atom. The van der Waals surface area contributed by atoms with E-state index in [-0.39, 0.29) is 17.3 Å². The highest BCUT2D eigenvalue weighted by molar-refractivity contribution is 7.99. The minimum absolute atomic E-state index is 0.0440. The normalized spacial score (nSPS) is 13.9. The van der Waals surface area contributed by atoms with Crippen molar-refractivity contribution in [3.8, 4) is 0 Å². The summed E-state index contributed by atoms with van der Waals surface area (Å²) in [4.78, 5) is 15.4. The van der Waals surface area contributed by atoms with E-state index in [0.29, 0.717) is 12.2 Å². The van der Waals surface area contributed by atoms with Crippen LogP contribution in [0.2, 0.25) is 0 Å². The summed E-state index contributed by atoms with van der Waals surface area (Å²) in [6.07, 6.45) is 3.05. The maximum absolute atomic E-state index is 11.1. The predicted molar refractivity (Wildman–Crippen MR) is 74.3 cm³/mol. The molecule has 2 N–H and O–H groups in total. The molecule has 0 aliphatic rings. The second-order valence-electron chi connectivity index (χ2n) is 3.94. The summed E-state index contributed by atoms with van der Waals surface area (Å²) in [5.41, 5.74) is 7.10. The number of pyridine rings is 1. The van der Waals surface area contributed by atoms with Crippen LogP contribution in [-0.2, 0) is 9.53 Å². The van der Waals surface area contributed by atoms with Gasteiger partial charge in [-0.05, 0) is 18.6 Å². The molecule has 2 unspecified atom stereocenters. The molecule has 0 radical (unpaired) electrons. The van der Waals surface area contributed by atoms with Gasteiger partial charge in [-0.1, -0.05) is 13.0 Å². The largest absolute Gasteiger partial charge is 0.469 e. The highest BCUT2D eigenvalue weighted by Gasteiger charge is 2.20. The zero-order valence-electron chi connectivity index (χ0n) is 10.8. The molecule has 18 heavy (non-hydrogen) atoms. The van der Waals surface area contributed by atoms with Gasteiger partial charge < -0.3 is 10.5 Å². The molecule has 5 heteroatoms. The van der Waals surface area contributed by atoms with Gasteiger partial charge >= 0.3 is 5.97 Å². The number of carbonyl (C=O) groups is 1. The van der Waals surface area contributed by atoms with Crippen molar-refractivity contribution >= 4 is 17.7 Å². The molecule has 0 bridgehead atoms. The van der Waals surface area contributed by atoms with E-state index < -0.39 is 0 Å². The molecule has 0 aromatic carbocycles. The van der Waals surface area contributed by atoms with Crippen molar-refractivity contribution in [3.63, 3.8) is 0 Å². The monoisotopic (exact) mass is 268 g/mol. The highest BCUT2D eigenvalue weighted by Crippen LogP contribution is 2.31. The van der Waals surface area contributed by atoms with Crippen LogP contribution in [0.5, 0.6) is 0 Å². The number of methoxy groups -OCH3 is 1. The Bertz CT molecular complexity index is 359. The number of nitrogens with zero attached hydrogens (tertiary/aromatic N) is 1. The fraction of sp³-hybridized carbons (Fsp3) is 0.538. The third-order valence-electron chi connectivity index (χ3n) is 2.67. The Labute approximate surface area is 112 Å². The van der Waals surface area contributed by atoms with Crippen LogP contribution in [0.1, 0.15) is 30.7 Å². The number of esters is 1. The molecule has 0 amide bonds. The van der Waals surface area contributed by atoms with E-state index in [4.69, 9.17) is 5.73 Å². The number of nitrogens with two attached hydrogens (primary N) is 1. The molecule has 0 saturated carbocycles. The molecular formula is C13H20N2O2S. The number of carbonyl (C=O) groups excluding carboxylic acids is 1. The average molecular weight is 268 g/mol. The molecule has 1 aromatic rings. The molecule has 0 aliphatic carbocycles. The third kappa shape index (κ3) is 4.66. The summed E-state index contributed by atoms with van der Waals surface area (Å²) in [6.45, 7) is 2.06. The van der Waals surface area contributed by atoms with Crippen LogP contribution >= 0.6 is 11.8 Å². The van der Waals surface area contributed by atoms with Crippen molar-refractivity contribution in [3.05, 3.63) is 30.1 Å². The van der Waals surface area contributed by atoms with Crippen LogP contribution in [0.4, 0.5) is 0 Å². The fourth-order valence-electron chi connectivity index (χ4n) is 1.56. The van der Waals surface area contributed by atoms with E-state index in [9.17, 15) is 4.79 Å². The maximum atomic E-state index is 11.1. The molecule has 100 valence electrons. The van der Waals surface area contributed by atoms with Crippen LogP contribution in [-0.4, -0.2) is 29.9 Å². The van der Waals surface area contributed by atoms with Crippen LogP contribution in [0.25, 0.3) is 0 Å². The fourth-order valence-corrected chi connectivity index (χ4v) is 2.85. The minimum atomic E-state index is -0.188. The van der Waals surface area contributed by atoms with Crippen molar-refractivity contribution in [2.45, 2.75) is 31.1 Å². The second kappa shape index (κ2) is 8.11. The van der Waals surface area contributed by atoms with Gasteiger partial charge in [0.25, 0.3) is 0 Å². The maximum Gasteiger partial charge on any atom is 0.306 e. The smallest absolute Gasteiger partial charge is 0.306 e. The first-order chi connectivity index (χ1) is 8.69. The SMILES string of the molecule is CCC(N)C(SCCC(=O)OC)c1ccccn1. The number of hydrogen-bond donors (Lipinski definition) is 1. The lowest BCUT2D eigenvalue weighted by atomic mass is 10.1. The number of aromatic nitrogens is 1. The van der Waals surface area contributed by atoms with Gasteiger partial charge in [-0.3, -0.25) is 9.78 Å². The van der Waals surface area contributed by atoms with E-state index in [2.05, 4.69) is 16.6 Å². The first-order valence-electron chi connectivity index (χ1n) is 6.04. The first-order valence-corrected chi connectivity index (χ1v) is 7.08. The van der Waals surface area contributed by atoms with Gasteiger partial charge in [0.15, 0.2) is 0 Å². The van der Waals surface area contributed by atoms with Crippen LogP contribution < -0.4 is 5.73 Å². The molecule has 1 aromatic heterocycles. The standard InChI is InChI=1S/C13H20N2O2S/c1-3-10(14)13(11-6-4-5-8-15-11)18-9-7-12(16)17-2/h4-6,8,10,13H,3,7,9,14H2,1-2H3. The van der Waals surface area contributed by atoms with Crippen LogP contribution in [0.3, 0.4) is 0 Å². The molecule has 1 rings (SSSR count). The van der Waals surface area contributed by atoms with E-state index in [1.165, 1.54) is 7.11 Å². The van der Waals surface area contributed by atoms with Gasteiger partial charge in [0.2, 0.25) is 0 Å². The molecule has 0 fully saturated rings. The van der Waals surface area contributed by atoms with E-state index >= 15 is 0 Å². The summed E-state index contributed by atoms with van der Waals surface area (Å²) < 4.78 is 4.63. The minimum Gasteiger partial charge on any atom is -0.469 e. The summed E-state index contributed by atoms with van der Waals surface area (Å²) in [5, 5.41) is 0.126. The average Bonchev–Trinajstić information content (AvgIpc) is 2.43. The van der Waals surface area contributed by atoms with Gasteiger partial charge in [-0.15, -0.1) is 11.8 Å². The molecule has 0 aliphatic heterocycles. The quantitative estimate of drug-likeness (QED) is 0.768. The van der Waals surface area contributed by atoms with Gasteiger partial charge in [-0.25, -0.2) is 0 Å². The summed E-state index contributed by atoms with van der Waals surface area (Å²) >= 11 is 1.66. The number of ether oxygens (including phenoxy) is 1. The number of rotatable bonds is 7. The molecule has 0 spiro atoms. The lowest BCUT2D eigenvalue weighted by molar-refractivity contribution is -0.140. The topological polar surface area (TPSA) is 65.2 Å². The second-order valence-corrected chi connectivity index (χ2v) is 5.19. The lowest BCUT2D eigenvalue weighted by Crippen LogP contribution is -2.26. The van der Waals surface area contributed by atoms with Crippen molar-refractivity contribution in [1.29, 1.82) is 0 Å². The molecule has 2 atom stereocenters. The Hall–Kier alpha value is -1.07. The van der Waals surface area contributed by atoms with Crippen molar-refractivity contribution < 1.29 is 9.53 Å². The van der Waals surface area contributed by atoms with Crippen molar-refractivity contribution in [2.75, 3.05) is 12.9 Å². The Morgan fingerprint density at radius 3 is 2.89 bits per heavy atom.